The summed E-state index contributed by atoms with van der Waals surface area (Å²) in [5.41, 5.74) is -8.22. The van der Waals surface area contributed by atoms with Gasteiger partial charge in [-0.3, -0.25) is 0 Å². The van der Waals surface area contributed by atoms with Crippen molar-refractivity contribution in [2.45, 2.75) is 210 Å². The highest BCUT2D eigenvalue weighted by molar-refractivity contribution is 14.1. The Morgan fingerprint density at radius 2 is 0.805 bits per heavy atom. The van der Waals surface area contributed by atoms with Crippen LogP contribution in [0.25, 0.3) is 0 Å². The zero-order valence-corrected chi connectivity index (χ0v) is 50.6. The molecular weight excluding hydrogens is 1280 g/mol. The van der Waals surface area contributed by atoms with Gasteiger partial charge in [-0.25, -0.2) is 15.0 Å². The number of nitrogens with zero attached hydrogens (tertiary/aromatic N) is 3. The van der Waals surface area contributed by atoms with Crippen LogP contribution in [0.4, 0.5) is 43.9 Å². The van der Waals surface area contributed by atoms with Crippen molar-refractivity contribution in [3.8, 4) is 11.8 Å². The smallest absolute Gasteiger partial charge is 0.461 e. The average molecular weight is 1350 g/mol. The first-order valence-corrected chi connectivity index (χ1v) is 28.4. The fraction of sp³-hybridized carbons (Fsp3) is 0.694. The van der Waals surface area contributed by atoms with Crippen LogP contribution in [0, 0.1) is 5.95 Å². The van der Waals surface area contributed by atoms with E-state index in [2.05, 4.69) is 69.4 Å². The lowest BCUT2D eigenvalue weighted by Crippen LogP contribution is -2.55. The summed E-state index contributed by atoms with van der Waals surface area (Å²) in [4.78, 5) is 13.1. The molecule has 3 aliphatic carbocycles. The normalized spacial score (nSPS) is 23.1. The molecule has 0 aromatic carbocycles. The summed E-state index contributed by atoms with van der Waals surface area (Å²) in [7, 11) is -1.55. The molecule has 6 aliphatic rings. The summed E-state index contributed by atoms with van der Waals surface area (Å²) in [5.74, 6) is -0.472. The molecule has 0 bridgehead atoms. The lowest BCUT2D eigenvalue weighted by Gasteiger charge is -2.42. The van der Waals surface area contributed by atoms with Crippen LogP contribution in [0.1, 0.15) is 141 Å². The van der Waals surface area contributed by atoms with Gasteiger partial charge >= 0.3 is 39.7 Å². The molecule has 0 spiro atoms. The Hall–Kier alpha value is -2.05. The summed E-state index contributed by atoms with van der Waals surface area (Å²) in [6.07, 6.45) is -7.64. The number of aliphatic hydroxyl groups is 1. The van der Waals surface area contributed by atoms with Gasteiger partial charge in [0.05, 0.1) is 33.6 Å². The first-order chi connectivity index (χ1) is 35.0. The van der Waals surface area contributed by atoms with Gasteiger partial charge in [-0.05, 0) is 202 Å². The van der Waals surface area contributed by atoms with E-state index in [1.54, 1.807) is 18.2 Å². The number of ether oxygens (including phenoxy) is 2. The highest BCUT2D eigenvalue weighted by Gasteiger charge is 2.65. The van der Waals surface area contributed by atoms with Gasteiger partial charge in [-0.2, -0.15) is 43.9 Å². The molecule has 432 valence electrons. The molecule has 6 fully saturated rings. The number of rotatable bonds is 6. The molecule has 0 atom stereocenters. The molecule has 1 N–H and O–H groups in total. The molecule has 0 unspecified atom stereocenters. The first-order valence-electron chi connectivity index (χ1n) is 24.6. The summed E-state index contributed by atoms with van der Waals surface area (Å²) in [6, 6.07) is 8.99. The van der Waals surface area contributed by atoms with Gasteiger partial charge in [0, 0.05) is 39.1 Å². The minimum atomic E-state index is -4.41. The van der Waals surface area contributed by atoms with E-state index in [-0.39, 0.29) is 72.7 Å². The Bertz CT molecular complexity index is 2260. The van der Waals surface area contributed by atoms with E-state index in [9.17, 15) is 43.9 Å². The average Bonchev–Trinajstić information content (AvgIpc) is 3.74. The molecule has 28 heteroatoms. The topological polar surface area (TPSA) is 133 Å². The summed E-state index contributed by atoms with van der Waals surface area (Å²) in [5, 5.41) is 8.62. The maximum Gasteiger partial charge on any atom is 0.496 e. The van der Waals surface area contributed by atoms with E-state index in [1.807, 2.05) is 88.0 Å². The number of hydrogen-bond acceptors (Lipinski definition) is 12. The monoisotopic (exact) mass is 1350 g/mol. The van der Waals surface area contributed by atoms with Crippen molar-refractivity contribution < 1.29 is 86.4 Å². The maximum atomic E-state index is 13.1. The summed E-state index contributed by atoms with van der Waals surface area (Å²) < 4.78 is 172. The third-order valence-electron chi connectivity index (χ3n) is 15.1. The Morgan fingerprint density at radius 1 is 0.481 bits per heavy atom. The zero-order chi connectivity index (χ0) is 58.7. The van der Waals surface area contributed by atoms with Crippen LogP contribution in [0.15, 0.2) is 63.9 Å². The van der Waals surface area contributed by atoms with Crippen LogP contribution in [0.5, 0.6) is 11.8 Å². The van der Waals surface area contributed by atoms with Crippen LogP contribution in [-0.4, -0.2) is 115 Å². The van der Waals surface area contributed by atoms with E-state index in [1.165, 1.54) is 36.8 Å². The Kier molecular flexibility index (Phi) is 21.7. The van der Waals surface area contributed by atoms with E-state index < -0.39 is 73.6 Å². The second-order valence-corrected chi connectivity index (χ2v) is 24.0. The fourth-order valence-electron chi connectivity index (χ4n) is 7.43. The van der Waals surface area contributed by atoms with Gasteiger partial charge in [-0.1, -0.05) is 28.7 Å². The lowest BCUT2D eigenvalue weighted by atomic mass is 9.49. The van der Waals surface area contributed by atoms with Crippen molar-refractivity contribution in [1.82, 2.24) is 15.0 Å². The van der Waals surface area contributed by atoms with E-state index in [0.717, 1.165) is 4.47 Å². The van der Waals surface area contributed by atoms with Gasteiger partial charge in [0.25, 0.3) is 0 Å². The molecule has 9 rings (SSSR count). The second-order valence-electron chi connectivity index (χ2n) is 22.2. The van der Waals surface area contributed by atoms with Crippen molar-refractivity contribution in [3.05, 3.63) is 69.9 Å². The molecule has 3 aromatic rings. The molecule has 3 aromatic heterocycles. The van der Waals surface area contributed by atoms with Crippen LogP contribution < -0.4 is 14.9 Å². The predicted octanol–water partition coefficient (Wildman–Crippen LogP) is 13.7. The van der Waals surface area contributed by atoms with Crippen molar-refractivity contribution in [3.63, 3.8) is 0 Å². The van der Waals surface area contributed by atoms with Gasteiger partial charge in [-0.15, -0.1) is 0 Å². The van der Waals surface area contributed by atoms with E-state index >= 15 is 0 Å². The Balaban J connectivity index is 0.000000216. The predicted molar refractivity (Wildman–Crippen MR) is 287 cm³/mol. The van der Waals surface area contributed by atoms with Gasteiger partial charge in [0.15, 0.2) is 5.60 Å². The third-order valence-corrected chi connectivity index (χ3v) is 16.0. The van der Waals surface area contributed by atoms with E-state index in [4.69, 9.17) is 42.5 Å². The van der Waals surface area contributed by atoms with Crippen LogP contribution in [0.3, 0.4) is 0 Å². The SMILES string of the molecule is CC1(C)OB(B2OC(C)(C)C(C)(C)O2)OC1(C)C.CC1(C)OB(c2ccc(OC3(C(F)(F)F)CCC3)nc2)OC1(C)C.CI.FC(F)(F)C1(Oc2ccc(Br)cn2)CCC1.Fc1ccc(Br)cn1.OC1(C(F)(F)F)CCC1. The molecule has 3 aliphatic heterocycles. The number of pyridine rings is 3. The molecule has 3 saturated carbocycles. The fourth-order valence-corrected chi connectivity index (χ4v) is 7.90. The number of alkyl halides is 10. The van der Waals surface area contributed by atoms with Crippen molar-refractivity contribution in [2.75, 3.05) is 4.93 Å². The number of aromatic nitrogens is 3. The molecule has 12 nitrogen and oxygen atoms in total. The molecule has 0 radical (unpaired) electrons. The number of hydrogen-bond donors (Lipinski definition) is 1. The highest BCUT2D eigenvalue weighted by Crippen LogP contribution is 2.50. The number of halogens is 13. The molecule has 6 heterocycles. The molecular formula is C49H67B3Br2F10IN3O9. The summed E-state index contributed by atoms with van der Waals surface area (Å²) >= 11 is 8.42. The largest absolute Gasteiger partial charge is 0.496 e. The highest BCUT2D eigenvalue weighted by atomic mass is 127. The van der Waals surface area contributed by atoms with E-state index in [0.29, 0.717) is 29.2 Å². The molecule has 0 amide bonds. The van der Waals surface area contributed by atoms with Gasteiger partial charge in [0.1, 0.15) is 0 Å². The van der Waals surface area contributed by atoms with Crippen molar-refractivity contribution in [1.29, 1.82) is 0 Å². The van der Waals surface area contributed by atoms with Gasteiger partial charge in [0.2, 0.25) is 28.9 Å². The Labute approximate surface area is 476 Å². The van der Waals surface area contributed by atoms with Crippen LogP contribution in [0.2, 0.25) is 0 Å². The lowest BCUT2D eigenvalue weighted by molar-refractivity contribution is -0.286. The molecule has 77 heavy (non-hydrogen) atoms. The molecule has 3 saturated heterocycles. The standard InChI is InChI=1S/C16H21BF3NO3.C12H24B2O4.C10H9BrF3NO.C5H3BrFN.C5H7F3O.CH3I/c1-13(2)14(3,4)24-17(23-13)11-6-7-12(21-10-11)22-15(8-5-9-15)16(18,19)20;1-9(2)10(3,4)16-13(15-9)14-17-11(5,6)12(7,8)18-14;11-7-2-3-8(15-6-7)16-9(4-1-5-9)10(12,13)14;6-4-1-2-5(7)8-3-4;6-5(7,8)4(9)2-1-3-4;1-2/h6-7,10H,5,8-9H2,1-4H3;1-8H3;2-3,6H,1,4-5H2;1-3H;9H,1-3H2;1H3. The van der Waals surface area contributed by atoms with Crippen LogP contribution in [-0.2, 0) is 27.9 Å². The van der Waals surface area contributed by atoms with Gasteiger partial charge < -0.3 is 42.5 Å². The minimum Gasteiger partial charge on any atom is -0.461 e. The van der Waals surface area contributed by atoms with Crippen LogP contribution >= 0.6 is 54.5 Å². The van der Waals surface area contributed by atoms with Crippen molar-refractivity contribution >= 4 is 81.1 Å². The quantitative estimate of drug-likeness (QED) is 0.0828. The zero-order valence-electron chi connectivity index (χ0n) is 45.3. The van der Waals surface area contributed by atoms with Crippen molar-refractivity contribution in [2.24, 2.45) is 0 Å². The minimum absolute atomic E-state index is 0.00818. The first kappa shape index (κ1) is 67.5. The third kappa shape index (κ3) is 16.2. The maximum absolute atomic E-state index is 13.1. The Morgan fingerprint density at radius 3 is 1.03 bits per heavy atom. The second kappa shape index (κ2) is 24.8. The summed E-state index contributed by atoms with van der Waals surface area (Å²) in [6.45, 7) is 23.9.